The molecule has 0 saturated carbocycles. The Morgan fingerprint density at radius 2 is 2.17 bits per heavy atom. The lowest BCUT2D eigenvalue weighted by Gasteiger charge is -2.07. The Balaban J connectivity index is 0.00000289. The Hall–Kier alpha value is -1.82. The van der Waals surface area contributed by atoms with Crippen LogP contribution in [-0.4, -0.2) is 37.1 Å². The predicted octanol–water partition coefficient (Wildman–Crippen LogP) is 0.805. The lowest BCUT2D eigenvalue weighted by Crippen LogP contribution is -2.31. The van der Waals surface area contributed by atoms with E-state index in [1.54, 1.807) is 19.1 Å². The second-order valence-electron chi connectivity index (χ2n) is 3.04. The van der Waals surface area contributed by atoms with E-state index in [1.807, 2.05) is 0 Å². The van der Waals surface area contributed by atoms with E-state index in [0.29, 0.717) is 5.75 Å². The number of methoxy groups -OCH3 is 1. The highest BCUT2D eigenvalue weighted by molar-refractivity contribution is 5.96. The largest absolute Gasteiger partial charge is 0.494 e. The second-order valence-corrected chi connectivity index (χ2v) is 3.04. The van der Waals surface area contributed by atoms with Crippen LogP contribution in [-0.2, 0) is 9.53 Å². The van der Waals surface area contributed by atoms with E-state index in [1.165, 1.54) is 13.3 Å². The van der Waals surface area contributed by atoms with Crippen molar-refractivity contribution in [3.63, 3.8) is 0 Å². The van der Waals surface area contributed by atoms with Gasteiger partial charge in [-0.1, -0.05) is 0 Å². The monoisotopic (exact) mass is 274 g/mol. The number of hydrogen-bond acceptors (Lipinski definition) is 5. The third-order valence-corrected chi connectivity index (χ3v) is 1.90. The summed E-state index contributed by atoms with van der Waals surface area (Å²) >= 11 is 0. The highest BCUT2D eigenvalue weighted by atomic mass is 35.5. The van der Waals surface area contributed by atoms with E-state index in [9.17, 15) is 9.59 Å². The molecule has 1 N–H and O–H groups in total. The number of carbonyl (C=O) groups is 2. The number of hydrogen-bond donors (Lipinski definition) is 1. The molecule has 0 aliphatic carbocycles. The van der Waals surface area contributed by atoms with Crippen LogP contribution in [0.5, 0.6) is 5.75 Å². The molecule has 0 fully saturated rings. The maximum atomic E-state index is 11.7. The highest BCUT2D eigenvalue weighted by Gasteiger charge is 2.14. The minimum atomic E-state index is -0.490. The van der Waals surface area contributed by atoms with Gasteiger partial charge < -0.3 is 14.8 Å². The van der Waals surface area contributed by atoms with Gasteiger partial charge in [0.25, 0.3) is 5.91 Å². The number of carbonyl (C=O) groups excluding carboxylic acids is 2. The Labute approximate surface area is 111 Å². The van der Waals surface area contributed by atoms with Gasteiger partial charge in [0.1, 0.15) is 12.3 Å². The zero-order valence-electron chi connectivity index (χ0n) is 10.1. The van der Waals surface area contributed by atoms with Crippen LogP contribution in [0.2, 0.25) is 0 Å². The van der Waals surface area contributed by atoms with Crippen molar-refractivity contribution < 1.29 is 19.1 Å². The van der Waals surface area contributed by atoms with E-state index in [0.717, 1.165) is 0 Å². The van der Waals surface area contributed by atoms with Crippen molar-refractivity contribution in [1.29, 1.82) is 0 Å². The minimum Gasteiger partial charge on any atom is -0.494 e. The molecule has 0 atom stereocenters. The topological polar surface area (TPSA) is 77.5 Å². The summed E-state index contributed by atoms with van der Waals surface area (Å²) in [5, 5.41) is 2.40. The number of aromatic nitrogens is 1. The average Bonchev–Trinajstić information content (AvgIpc) is 2.36. The number of ether oxygens (including phenoxy) is 2. The molecule has 0 unspecified atom stereocenters. The summed E-state index contributed by atoms with van der Waals surface area (Å²) in [5.74, 6) is -0.611. The summed E-state index contributed by atoms with van der Waals surface area (Å²) in [5.41, 5.74) is 0.138. The van der Waals surface area contributed by atoms with Gasteiger partial charge >= 0.3 is 5.97 Å². The van der Waals surface area contributed by atoms with Crippen LogP contribution >= 0.6 is 12.4 Å². The molecule has 18 heavy (non-hydrogen) atoms. The lowest BCUT2D eigenvalue weighted by atomic mass is 10.3. The Morgan fingerprint density at radius 1 is 1.44 bits per heavy atom. The van der Waals surface area contributed by atoms with Crippen LogP contribution in [0.3, 0.4) is 0 Å². The first-order valence-corrected chi connectivity index (χ1v) is 5.11. The summed E-state index contributed by atoms with van der Waals surface area (Å²) in [6, 6.07) is 3.27. The van der Waals surface area contributed by atoms with E-state index >= 15 is 0 Å². The van der Waals surface area contributed by atoms with Gasteiger partial charge in [-0.15, -0.1) is 12.4 Å². The van der Waals surface area contributed by atoms with E-state index in [2.05, 4.69) is 15.0 Å². The van der Waals surface area contributed by atoms with Crippen molar-refractivity contribution in [3.8, 4) is 5.75 Å². The molecule has 0 radical (unpaired) electrons. The molecule has 0 saturated heterocycles. The maximum absolute atomic E-state index is 11.7. The SMILES string of the molecule is CCOC(=O)CNC(=O)c1ncccc1OC.Cl. The molecule has 1 aromatic heterocycles. The third kappa shape index (κ3) is 4.58. The fourth-order valence-corrected chi connectivity index (χ4v) is 1.17. The average molecular weight is 275 g/mol. The highest BCUT2D eigenvalue weighted by Crippen LogP contribution is 2.13. The molecule has 6 nitrogen and oxygen atoms in total. The van der Waals surface area contributed by atoms with Crippen molar-refractivity contribution in [2.24, 2.45) is 0 Å². The Kier molecular flexibility index (Phi) is 7.46. The molecule has 0 aliphatic rings. The minimum absolute atomic E-state index is 0. The molecule has 1 amide bonds. The van der Waals surface area contributed by atoms with Gasteiger partial charge in [-0.05, 0) is 19.1 Å². The molecule has 1 aromatic rings. The molecule has 100 valence electrons. The predicted molar refractivity (Wildman–Crippen MR) is 67.0 cm³/mol. The summed E-state index contributed by atoms with van der Waals surface area (Å²) in [6.07, 6.45) is 1.47. The molecule has 7 heteroatoms. The maximum Gasteiger partial charge on any atom is 0.325 e. The number of esters is 1. The van der Waals surface area contributed by atoms with Crippen LogP contribution in [0, 0.1) is 0 Å². The molecular formula is C11H15ClN2O4. The van der Waals surface area contributed by atoms with Gasteiger partial charge in [-0.25, -0.2) is 4.98 Å². The van der Waals surface area contributed by atoms with Crippen molar-refractivity contribution in [2.75, 3.05) is 20.3 Å². The number of amides is 1. The normalized spacial score (nSPS) is 9.00. The van der Waals surface area contributed by atoms with Gasteiger partial charge in [0.05, 0.1) is 13.7 Å². The Morgan fingerprint density at radius 3 is 2.78 bits per heavy atom. The van der Waals surface area contributed by atoms with Crippen molar-refractivity contribution in [3.05, 3.63) is 24.0 Å². The summed E-state index contributed by atoms with van der Waals surface area (Å²) in [7, 11) is 1.44. The molecule has 0 bridgehead atoms. The molecular weight excluding hydrogens is 260 g/mol. The van der Waals surface area contributed by atoms with Gasteiger partial charge in [-0.2, -0.15) is 0 Å². The van der Waals surface area contributed by atoms with Crippen LogP contribution in [0.25, 0.3) is 0 Å². The van der Waals surface area contributed by atoms with Gasteiger partial charge in [0, 0.05) is 6.20 Å². The summed E-state index contributed by atoms with van der Waals surface area (Å²) < 4.78 is 9.66. The molecule has 0 aliphatic heterocycles. The van der Waals surface area contributed by atoms with Crippen LogP contribution < -0.4 is 10.1 Å². The zero-order valence-corrected chi connectivity index (χ0v) is 11.0. The molecule has 1 heterocycles. The summed E-state index contributed by atoms with van der Waals surface area (Å²) in [6.45, 7) is 1.79. The van der Waals surface area contributed by atoms with E-state index in [4.69, 9.17) is 4.74 Å². The van der Waals surface area contributed by atoms with Crippen molar-refractivity contribution in [1.82, 2.24) is 10.3 Å². The fourth-order valence-electron chi connectivity index (χ4n) is 1.17. The van der Waals surface area contributed by atoms with Gasteiger partial charge in [0.2, 0.25) is 0 Å². The molecule has 0 aromatic carbocycles. The Bertz CT molecular complexity index is 412. The standard InChI is InChI=1S/C11H14N2O4.ClH/c1-3-17-9(14)7-13-11(15)10-8(16-2)5-4-6-12-10;/h4-6H,3,7H2,1-2H3,(H,13,15);1H. The third-order valence-electron chi connectivity index (χ3n) is 1.90. The van der Waals surface area contributed by atoms with E-state index in [-0.39, 0.29) is 31.3 Å². The number of pyridine rings is 1. The second kappa shape index (κ2) is 8.30. The lowest BCUT2D eigenvalue weighted by molar-refractivity contribution is -0.141. The fraction of sp³-hybridized carbons (Fsp3) is 0.364. The number of nitrogens with one attached hydrogen (secondary N) is 1. The number of nitrogens with zero attached hydrogens (tertiary/aromatic N) is 1. The number of halogens is 1. The molecule has 0 spiro atoms. The van der Waals surface area contributed by atoms with Crippen LogP contribution in [0.1, 0.15) is 17.4 Å². The first-order valence-electron chi connectivity index (χ1n) is 5.11. The van der Waals surface area contributed by atoms with E-state index < -0.39 is 11.9 Å². The van der Waals surface area contributed by atoms with Gasteiger partial charge in [-0.3, -0.25) is 9.59 Å². The smallest absolute Gasteiger partial charge is 0.325 e. The van der Waals surface area contributed by atoms with Crippen molar-refractivity contribution in [2.45, 2.75) is 6.92 Å². The van der Waals surface area contributed by atoms with Gasteiger partial charge in [0.15, 0.2) is 5.69 Å². The summed E-state index contributed by atoms with van der Waals surface area (Å²) in [4.78, 5) is 26.6. The van der Waals surface area contributed by atoms with Crippen LogP contribution in [0.4, 0.5) is 0 Å². The zero-order chi connectivity index (χ0) is 12.7. The van der Waals surface area contributed by atoms with Crippen molar-refractivity contribution >= 4 is 24.3 Å². The van der Waals surface area contributed by atoms with Crippen LogP contribution in [0.15, 0.2) is 18.3 Å². The number of rotatable bonds is 5. The quantitative estimate of drug-likeness (QED) is 0.804. The first-order chi connectivity index (χ1) is 8.19. The molecule has 1 rings (SSSR count). The first kappa shape index (κ1) is 16.2.